The van der Waals surface area contributed by atoms with Crippen molar-refractivity contribution in [1.82, 2.24) is 4.98 Å². The number of aromatic nitrogens is 1. The highest BCUT2D eigenvalue weighted by atomic mass is 15.1. The molecule has 0 unspecified atom stereocenters. The van der Waals surface area contributed by atoms with E-state index < -0.39 is 0 Å². The number of hydrogen-bond donors (Lipinski definition) is 0. The maximum absolute atomic E-state index is 9.21. The summed E-state index contributed by atoms with van der Waals surface area (Å²) in [7, 11) is 0. The first-order chi connectivity index (χ1) is 8.13. The van der Waals surface area contributed by atoms with E-state index >= 15 is 0 Å². The molecule has 0 aromatic carbocycles. The Morgan fingerprint density at radius 1 is 1.47 bits per heavy atom. The first-order valence-electron chi connectivity index (χ1n) is 5.70. The van der Waals surface area contributed by atoms with E-state index in [0.717, 1.165) is 30.0 Å². The van der Waals surface area contributed by atoms with Crippen molar-refractivity contribution in [3.05, 3.63) is 23.0 Å². The molecule has 0 N–H and O–H groups in total. The average Bonchev–Trinajstić information content (AvgIpc) is 2.28. The minimum Gasteiger partial charge on any atom is -0.359 e. The van der Waals surface area contributed by atoms with Gasteiger partial charge >= 0.3 is 0 Å². The van der Waals surface area contributed by atoms with Crippen LogP contribution in [-0.2, 0) is 0 Å². The van der Waals surface area contributed by atoms with Gasteiger partial charge in [-0.15, -0.1) is 6.42 Å². The van der Waals surface area contributed by atoms with Crippen molar-refractivity contribution in [2.45, 2.75) is 27.2 Å². The molecule has 0 spiro atoms. The second kappa shape index (κ2) is 5.92. The lowest BCUT2D eigenvalue weighted by Gasteiger charge is -2.23. The molecule has 0 atom stereocenters. The molecule has 3 nitrogen and oxygen atoms in total. The number of hydrogen-bond acceptors (Lipinski definition) is 3. The minimum atomic E-state index is 0.519. The van der Waals surface area contributed by atoms with E-state index in [4.69, 9.17) is 6.42 Å². The van der Waals surface area contributed by atoms with Crippen molar-refractivity contribution in [2.75, 3.05) is 18.0 Å². The molecule has 0 saturated carbocycles. The molecule has 0 bridgehead atoms. The molecule has 88 valence electrons. The highest BCUT2D eigenvalue weighted by Gasteiger charge is 2.13. The zero-order chi connectivity index (χ0) is 12.8. The summed E-state index contributed by atoms with van der Waals surface area (Å²) >= 11 is 0. The molecule has 1 aromatic heterocycles. The molecule has 0 fully saturated rings. The van der Waals surface area contributed by atoms with Gasteiger partial charge in [0, 0.05) is 12.2 Å². The van der Waals surface area contributed by atoms with Crippen LogP contribution in [0.4, 0.5) is 5.69 Å². The van der Waals surface area contributed by atoms with Crippen molar-refractivity contribution in [2.24, 2.45) is 0 Å². The number of aryl methyl sites for hydroxylation is 2. The number of rotatable bonds is 4. The molecular formula is C14H17N3. The largest absolute Gasteiger partial charge is 0.359 e. The van der Waals surface area contributed by atoms with Gasteiger partial charge in [-0.2, -0.15) is 5.26 Å². The molecule has 1 aromatic rings. The summed E-state index contributed by atoms with van der Waals surface area (Å²) in [5.41, 5.74) is 3.20. The maximum atomic E-state index is 9.21. The highest BCUT2D eigenvalue weighted by Crippen LogP contribution is 2.23. The predicted molar refractivity (Wildman–Crippen MR) is 69.8 cm³/mol. The third kappa shape index (κ3) is 2.98. The Labute approximate surface area is 103 Å². The first kappa shape index (κ1) is 13.1. The summed E-state index contributed by atoms with van der Waals surface area (Å²) in [6.07, 6.45) is 6.37. The molecule has 17 heavy (non-hydrogen) atoms. The van der Waals surface area contributed by atoms with Crippen LogP contribution in [-0.4, -0.2) is 18.1 Å². The third-order valence-electron chi connectivity index (χ3n) is 2.54. The number of anilines is 1. The normalized spacial score (nSPS) is 9.47. The Hall–Kier alpha value is -2.00. The zero-order valence-corrected chi connectivity index (χ0v) is 10.6. The number of pyridine rings is 1. The molecule has 0 aliphatic carbocycles. The number of nitriles is 1. The van der Waals surface area contributed by atoms with E-state index in [9.17, 15) is 5.26 Å². The molecule has 3 heteroatoms. The second-order valence-electron chi connectivity index (χ2n) is 3.98. The van der Waals surface area contributed by atoms with E-state index in [1.807, 2.05) is 19.9 Å². The van der Waals surface area contributed by atoms with Gasteiger partial charge in [0.25, 0.3) is 0 Å². The van der Waals surface area contributed by atoms with Gasteiger partial charge < -0.3 is 4.90 Å². The van der Waals surface area contributed by atoms with Gasteiger partial charge in [0.15, 0.2) is 0 Å². The van der Waals surface area contributed by atoms with Crippen LogP contribution >= 0.6 is 0 Å². The number of nitrogens with zero attached hydrogens (tertiary/aromatic N) is 3. The molecule has 0 aliphatic rings. The summed E-state index contributed by atoms with van der Waals surface area (Å²) < 4.78 is 0. The highest BCUT2D eigenvalue weighted by molar-refractivity contribution is 5.62. The van der Waals surface area contributed by atoms with Gasteiger partial charge in [0.1, 0.15) is 6.07 Å². The lowest BCUT2D eigenvalue weighted by molar-refractivity contribution is 0.818. The maximum Gasteiger partial charge on any atom is 0.103 e. The first-order valence-corrected chi connectivity index (χ1v) is 5.70. The van der Waals surface area contributed by atoms with Crippen molar-refractivity contribution >= 4 is 5.69 Å². The van der Waals surface area contributed by atoms with E-state index in [2.05, 4.69) is 28.8 Å². The van der Waals surface area contributed by atoms with Crippen molar-refractivity contribution in [3.8, 4) is 18.4 Å². The van der Waals surface area contributed by atoms with Gasteiger partial charge in [0.2, 0.25) is 0 Å². The summed E-state index contributed by atoms with van der Waals surface area (Å²) in [6, 6.07) is 4.14. The van der Waals surface area contributed by atoms with Gasteiger partial charge in [-0.1, -0.05) is 12.8 Å². The minimum absolute atomic E-state index is 0.519. The molecule has 0 saturated heterocycles. The van der Waals surface area contributed by atoms with E-state index in [1.165, 1.54) is 0 Å². The fourth-order valence-electron chi connectivity index (χ4n) is 1.86. The summed E-state index contributed by atoms with van der Waals surface area (Å²) in [4.78, 5) is 6.36. The van der Waals surface area contributed by atoms with Crippen LogP contribution < -0.4 is 4.90 Å². The molecule has 0 aliphatic heterocycles. The van der Waals surface area contributed by atoms with Crippen LogP contribution in [0.15, 0.2) is 6.07 Å². The zero-order valence-electron chi connectivity index (χ0n) is 10.6. The van der Waals surface area contributed by atoms with Crippen molar-refractivity contribution in [1.29, 1.82) is 5.26 Å². The fourth-order valence-corrected chi connectivity index (χ4v) is 1.86. The van der Waals surface area contributed by atoms with Crippen molar-refractivity contribution < 1.29 is 0 Å². The summed E-state index contributed by atoms with van der Waals surface area (Å²) in [5.74, 6) is 2.64. The third-order valence-corrected chi connectivity index (χ3v) is 2.54. The summed E-state index contributed by atoms with van der Waals surface area (Å²) in [6.45, 7) is 7.25. The Bertz CT molecular complexity index is 477. The van der Waals surface area contributed by atoms with E-state index in [-0.39, 0.29) is 0 Å². The van der Waals surface area contributed by atoms with E-state index in [1.54, 1.807) is 0 Å². The lowest BCUT2D eigenvalue weighted by atomic mass is 10.1. The molecule has 1 heterocycles. The van der Waals surface area contributed by atoms with E-state index in [0.29, 0.717) is 12.1 Å². The average molecular weight is 227 g/mol. The molecular weight excluding hydrogens is 210 g/mol. The Morgan fingerprint density at radius 3 is 2.71 bits per heavy atom. The van der Waals surface area contributed by atoms with Gasteiger partial charge in [-0.25, -0.2) is 0 Å². The monoisotopic (exact) mass is 227 g/mol. The Balaban J connectivity index is 3.27. The fraction of sp³-hybridized carbons (Fsp3) is 0.429. The Kier molecular flexibility index (Phi) is 4.55. The molecule has 1 rings (SSSR count). The van der Waals surface area contributed by atoms with Gasteiger partial charge in [0.05, 0.1) is 23.5 Å². The molecule has 0 amide bonds. The Morgan fingerprint density at radius 2 is 2.18 bits per heavy atom. The second-order valence-corrected chi connectivity index (χ2v) is 3.98. The number of terminal acetylenes is 1. The van der Waals surface area contributed by atoms with Crippen LogP contribution in [0.25, 0.3) is 0 Å². The SMILES string of the molecule is C#CCN(CCC)c1cc(C)nc(C)c1C#N. The van der Waals surface area contributed by atoms with Crippen molar-refractivity contribution in [3.63, 3.8) is 0 Å². The topological polar surface area (TPSA) is 39.9 Å². The van der Waals surface area contributed by atoms with Gasteiger partial charge in [-0.3, -0.25) is 4.98 Å². The predicted octanol–water partition coefficient (Wildman–Crippen LogP) is 2.42. The van der Waals surface area contributed by atoms with Crippen LogP contribution in [0.5, 0.6) is 0 Å². The van der Waals surface area contributed by atoms with Crippen LogP contribution in [0.1, 0.15) is 30.3 Å². The lowest BCUT2D eigenvalue weighted by Crippen LogP contribution is -2.25. The van der Waals surface area contributed by atoms with Gasteiger partial charge in [-0.05, 0) is 26.3 Å². The van der Waals surface area contributed by atoms with Crippen LogP contribution in [0.3, 0.4) is 0 Å². The molecule has 0 radical (unpaired) electrons. The summed E-state index contributed by atoms with van der Waals surface area (Å²) in [5, 5.41) is 9.21. The van der Waals surface area contributed by atoms with Crippen LogP contribution in [0.2, 0.25) is 0 Å². The standard InChI is InChI=1S/C14H17N3/c1-5-7-17(8-6-2)14-9-11(3)16-12(4)13(14)10-15/h1,9H,6-8H2,2-4H3. The quantitative estimate of drug-likeness (QED) is 0.742. The van der Waals surface area contributed by atoms with Crippen LogP contribution in [0, 0.1) is 37.5 Å². The smallest absolute Gasteiger partial charge is 0.103 e.